The van der Waals surface area contributed by atoms with Crippen LogP contribution in [0, 0.1) is 6.92 Å². The van der Waals surface area contributed by atoms with Crippen molar-refractivity contribution in [3.8, 4) is 0 Å². The lowest BCUT2D eigenvalue weighted by atomic mass is 10.2. The summed E-state index contributed by atoms with van der Waals surface area (Å²) >= 11 is 3.28. The summed E-state index contributed by atoms with van der Waals surface area (Å²) in [7, 11) is 0. The van der Waals surface area contributed by atoms with Gasteiger partial charge in [0.25, 0.3) is 5.56 Å². The van der Waals surface area contributed by atoms with E-state index in [2.05, 4.69) is 30.5 Å². The van der Waals surface area contributed by atoms with E-state index in [1.807, 2.05) is 6.92 Å². The first-order valence-electron chi connectivity index (χ1n) is 11.8. The monoisotopic (exact) mass is 529 g/mol. The Balaban J connectivity index is 1.12. The number of thiophene rings is 1. The number of aromatic amines is 1. The smallest absolute Gasteiger partial charge is 0.328 e. The summed E-state index contributed by atoms with van der Waals surface area (Å²) in [6.07, 6.45) is 2.26. The molecule has 1 saturated heterocycles. The minimum atomic E-state index is -0.494. The van der Waals surface area contributed by atoms with Gasteiger partial charge in [0.2, 0.25) is 11.8 Å². The maximum atomic E-state index is 12.7. The van der Waals surface area contributed by atoms with Gasteiger partial charge in [-0.3, -0.25) is 23.9 Å². The average Bonchev–Trinajstić information content (AvgIpc) is 3.28. The number of amides is 2. The van der Waals surface area contributed by atoms with Gasteiger partial charge in [0, 0.05) is 56.2 Å². The van der Waals surface area contributed by atoms with Gasteiger partial charge < -0.3 is 15.1 Å². The molecule has 190 valence electrons. The van der Waals surface area contributed by atoms with Crippen LogP contribution in [0.2, 0.25) is 0 Å². The maximum absolute atomic E-state index is 12.7. The summed E-state index contributed by atoms with van der Waals surface area (Å²) in [5.74, 6) is 1.85. The maximum Gasteiger partial charge on any atom is 0.328 e. The molecule has 2 amide bonds. The van der Waals surface area contributed by atoms with Gasteiger partial charge in [-0.2, -0.15) is 11.8 Å². The highest BCUT2D eigenvalue weighted by atomic mass is 32.2. The summed E-state index contributed by atoms with van der Waals surface area (Å²) in [5.41, 5.74) is 2.58. The molecular formula is C23H27N7O4S2. The molecule has 11 nitrogen and oxygen atoms in total. The molecule has 0 aromatic carbocycles. The predicted molar refractivity (Wildman–Crippen MR) is 140 cm³/mol. The third-order valence-electron chi connectivity index (χ3n) is 6.59. The van der Waals surface area contributed by atoms with Gasteiger partial charge in [0.05, 0.1) is 16.8 Å². The van der Waals surface area contributed by atoms with Crippen molar-refractivity contribution in [3.05, 3.63) is 49.4 Å². The van der Waals surface area contributed by atoms with E-state index in [0.717, 1.165) is 27.4 Å². The van der Waals surface area contributed by atoms with Crippen molar-refractivity contribution in [2.75, 3.05) is 43.4 Å². The average molecular weight is 530 g/mol. The minimum Gasteiger partial charge on any atom is -0.352 e. The molecule has 0 atom stereocenters. The topological polar surface area (TPSA) is 133 Å². The normalized spacial score (nSPS) is 15.7. The summed E-state index contributed by atoms with van der Waals surface area (Å²) in [6, 6.07) is 0. The number of nitrogens with one attached hydrogen (secondary N) is 2. The van der Waals surface area contributed by atoms with Crippen LogP contribution < -0.4 is 21.5 Å². The predicted octanol–water partition coefficient (Wildman–Crippen LogP) is 0.494. The Labute approximate surface area is 214 Å². The summed E-state index contributed by atoms with van der Waals surface area (Å²) in [6.45, 7) is 4.50. The summed E-state index contributed by atoms with van der Waals surface area (Å²) < 4.78 is 2.54. The Morgan fingerprint density at radius 2 is 1.97 bits per heavy atom. The van der Waals surface area contributed by atoms with E-state index in [9.17, 15) is 19.2 Å². The van der Waals surface area contributed by atoms with Crippen LogP contribution in [0.15, 0.2) is 21.3 Å². The number of aryl methyl sites for hydroxylation is 1. The first-order chi connectivity index (χ1) is 17.4. The van der Waals surface area contributed by atoms with Gasteiger partial charge in [-0.1, -0.05) is 0 Å². The second kappa shape index (κ2) is 10.4. The lowest BCUT2D eigenvalue weighted by Gasteiger charge is -2.35. The molecule has 13 heteroatoms. The summed E-state index contributed by atoms with van der Waals surface area (Å²) in [4.78, 5) is 64.6. The Hall–Kier alpha value is -3.19. The number of fused-ring (bicyclic) bond motifs is 2. The van der Waals surface area contributed by atoms with Gasteiger partial charge in [0.1, 0.15) is 12.1 Å². The van der Waals surface area contributed by atoms with Crippen LogP contribution in [-0.4, -0.2) is 74.7 Å². The number of nitrogens with zero attached hydrogens (tertiary/aromatic N) is 5. The third kappa shape index (κ3) is 4.89. The fourth-order valence-electron chi connectivity index (χ4n) is 4.61. The molecule has 0 spiro atoms. The molecule has 3 aromatic rings. The zero-order chi connectivity index (χ0) is 25.2. The van der Waals surface area contributed by atoms with E-state index in [4.69, 9.17) is 0 Å². The largest absolute Gasteiger partial charge is 0.352 e. The highest BCUT2D eigenvalue weighted by molar-refractivity contribution is 7.98. The minimum absolute atomic E-state index is 0.0521. The number of thioether (sulfide) groups is 1. The van der Waals surface area contributed by atoms with Crippen molar-refractivity contribution in [1.29, 1.82) is 0 Å². The highest BCUT2D eigenvalue weighted by Gasteiger charge is 2.24. The fraction of sp³-hybridized carbons (Fsp3) is 0.478. The number of hydrogen-bond donors (Lipinski definition) is 2. The molecule has 0 saturated carbocycles. The second-order valence-electron chi connectivity index (χ2n) is 8.83. The number of anilines is 1. The van der Waals surface area contributed by atoms with Gasteiger partial charge >= 0.3 is 5.69 Å². The Morgan fingerprint density at radius 1 is 1.17 bits per heavy atom. The van der Waals surface area contributed by atoms with E-state index in [0.29, 0.717) is 49.6 Å². The molecule has 0 unspecified atom stereocenters. The molecule has 36 heavy (non-hydrogen) atoms. The molecule has 2 N–H and O–H groups in total. The quantitative estimate of drug-likeness (QED) is 0.472. The number of hydrogen-bond acceptors (Lipinski definition) is 9. The Morgan fingerprint density at radius 3 is 2.78 bits per heavy atom. The molecule has 2 aliphatic heterocycles. The molecule has 3 aromatic heterocycles. The molecule has 5 heterocycles. The number of H-pyrrole nitrogens is 1. The second-order valence-corrected chi connectivity index (χ2v) is 10.8. The van der Waals surface area contributed by atoms with Crippen molar-refractivity contribution in [3.63, 3.8) is 0 Å². The molecule has 0 aliphatic carbocycles. The van der Waals surface area contributed by atoms with Crippen molar-refractivity contribution in [1.82, 2.24) is 29.7 Å². The van der Waals surface area contributed by atoms with Gasteiger partial charge in [-0.05, 0) is 30.0 Å². The Bertz CT molecular complexity index is 1420. The zero-order valence-corrected chi connectivity index (χ0v) is 21.5. The van der Waals surface area contributed by atoms with Crippen molar-refractivity contribution in [2.45, 2.75) is 32.1 Å². The van der Waals surface area contributed by atoms with Gasteiger partial charge in [-0.25, -0.2) is 14.8 Å². The van der Waals surface area contributed by atoms with Crippen molar-refractivity contribution < 1.29 is 9.59 Å². The van der Waals surface area contributed by atoms with Crippen molar-refractivity contribution >= 4 is 50.9 Å². The van der Waals surface area contributed by atoms with Gasteiger partial charge in [0.15, 0.2) is 0 Å². The SMILES string of the molecule is Cc1csc2c(N3CCN(C(=O)CNC(=O)CCn4c5c(c(=O)[nH]c4=O)CSCC5)CC3)ncnc12. The first-order valence-corrected chi connectivity index (χ1v) is 13.9. The first kappa shape index (κ1) is 24.5. The zero-order valence-electron chi connectivity index (χ0n) is 19.9. The van der Waals surface area contributed by atoms with Crippen molar-refractivity contribution in [2.24, 2.45) is 0 Å². The van der Waals surface area contributed by atoms with Crippen LogP contribution in [0.5, 0.6) is 0 Å². The number of carbonyl (C=O) groups is 2. The van der Waals surface area contributed by atoms with Crippen LogP contribution in [0.3, 0.4) is 0 Å². The van der Waals surface area contributed by atoms with E-state index in [1.165, 1.54) is 4.57 Å². The molecule has 0 radical (unpaired) electrons. The van der Waals surface area contributed by atoms with E-state index in [-0.39, 0.29) is 36.9 Å². The molecule has 5 rings (SSSR count). The summed E-state index contributed by atoms with van der Waals surface area (Å²) in [5, 5.41) is 4.75. The number of rotatable bonds is 6. The molecule has 2 aliphatic rings. The standard InChI is InChI=1S/C23H27N7O4S2/c1-14-11-36-20-19(14)25-13-26-21(20)29-7-5-28(6-8-29)18(32)10-24-17(31)2-4-30-16-3-9-35-12-15(16)22(33)27-23(30)34/h11,13H,2-10,12H2,1H3,(H,24,31)(H,27,33,34). The number of aromatic nitrogens is 4. The Kier molecular flexibility index (Phi) is 7.10. The third-order valence-corrected chi connectivity index (χ3v) is 8.66. The van der Waals surface area contributed by atoms with E-state index >= 15 is 0 Å². The fourth-order valence-corrected chi connectivity index (χ4v) is 6.61. The molecule has 0 bridgehead atoms. The van der Waals surface area contributed by atoms with Crippen LogP contribution in [0.1, 0.15) is 23.2 Å². The lowest BCUT2D eigenvalue weighted by Crippen LogP contribution is -2.51. The van der Waals surface area contributed by atoms with Crippen LogP contribution in [0.25, 0.3) is 10.2 Å². The highest BCUT2D eigenvalue weighted by Crippen LogP contribution is 2.31. The number of piperazine rings is 1. The van der Waals surface area contributed by atoms with E-state index < -0.39 is 5.69 Å². The van der Waals surface area contributed by atoms with Gasteiger partial charge in [-0.15, -0.1) is 11.3 Å². The molecular weight excluding hydrogens is 502 g/mol. The van der Waals surface area contributed by atoms with E-state index in [1.54, 1.807) is 34.3 Å². The van der Waals surface area contributed by atoms with Crippen LogP contribution >= 0.6 is 23.1 Å². The van der Waals surface area contributed by atoms with Crippen LogP contribution in [0.4, 0.5) is 5.82 Å². The number of carbonyl (C=O) groups excluding carboxylic acids is 2. The van der Waals surface area contributed by atoms with Crippen LogP contribution in [-0.2, 0) is 28.3 Å². The molecule has 1 fully saturated rings. The lowest BCUT2D eigenvalue weighted by molar-refractivity contribution is -0.133.